The lowest BCUT2D eigenvalue weighted by molar-refractivity contribution is -0.153. The van der Waals surface area contributed by atoms with Crippen molar-refractivity contribution in [2.24, 2.45) is 0 Å². The Labute approximate surface area is 110 Å². The maximum Gasteiger partial charge on any atom is 0.361 e. The van der Waals surface area contributed by atoms with Gasteiger partial charge in [0.1, 0.15) is 31.0 Å². The highest BCUT2D eigenvalue weighted by atomic mass is 31.2. The van der Waals surface area contributed by atoms with Crippen molar-refractivity contribution in [3.8, 4) is 0 Å². The number of hydrogen-bond acceptors (Lipinski definition) is 8. The summed E-state index contributed by atoms with van der Waals surface area (Å²) in [4.78, 5) is 10.8. The maximum atomic E-state index is 12.3. The lowest BCUT2D eigenvalue weighted by atomic mass is 10.1. The van der Waals surface area contributed by atoms with E-state index < -0.39 is 43.8 Å². The normalized spacial score (nSPS) is 37.6. The molecule has 8 nitrogen and oxygen atoms in total. The van der Waals surface area contributed by atoms with Gasteiger partial charge in [0.25, 0.3) is 0 Å². The zero-order valence-corrected chi connectivity index (χ0v) is 11.7. The first-order chi connectivity index (χ1) is 8.92. The summed E-state index contributed by atoms with van der Waals surface area (Å²) in [6.07, 6.45) is -2.80. The second-order valence-corrected chi connectivity index (χ2v) is 6.65. The number of fused-ring (bicyclic) bond motifs is 1. The first-order valence-electron chi connectivity index (χ1n) is 5.76. The van der Waals surface area contributed by atoms with Crippen LogP contribution in [0, 0.1) is 0 Å². The van der Waals surface area contributed by atoms with Gasteiger partial charge in [-0.25, -0.2) is 0 Å². The molecule has 0 aromatic rings. The number of hydrogen-bond donors (Lipinski definition) is 1. The summed E-state index contributed by atoms with van der Waals surface area (Å²) in [5.41, 5.74) is 0. The molecule has 2 saturated heterocycles. The van der Waals surface area contributed by atoms with Gasteiger partial charge in [-0.2, -0.15) is 0 Å². The van der Waals surface area contributed by atoms with E-state index in [2.05, 4.69) is 0 Å². The number of carbonyl (C=O) groups is 1. The average molecular weight is 296 g/mol. The Morgan fingerprint density at radius 3 is 2.42 bits per heavy atom. The molecule has 2 aliphatic rings. The largest absolute Gasteiger partial charge is 0.463 e. The summed E-state index contributed by atoms with van der Waals surface area (Å²) in [5.74, 6) is -1.43. The Kier molecular flexibility index (Phi) is 4.29. The zero-order chi connectivity index (χ0) is 14.2. The summed E-state index contributed by atoms with van der Waals surface area (Å²) in [7, 11) is -0.987. The average Bonchev–Trinajstić information content (AvgIpc) is 3.17. The van der Waals surface area contributed by atoms with Crippen LogP contribution in [0.4, 0.5) is 0 Å². The summed E-state index contributed by atoms with van der Waals surface area (Å²) < 4.78 is 37.6. The van der Waals surface area contributed by atoms with Gasteiger partial charge in [0.15, 0.2) is 5.85 Å². The van der Waals surface area contributed by atoms with Crippen LogP contribution in [0.5, 0.6) is 0 Å². The van der Waals surface area contributed by atoms with Crippen molar-refractivity contribution in [1.82, 2.24) is 0 Å². The molecule has 0 aromatic carbocycles. The number of aliphatic hydroxyl groups excluding tert-OH is 1. The molecule has 2 rings (SSSR count). The van der Waals surface area contributed by atoms with Gasteiger partial charge < -0.3 is 28.4 Å². The molecular formula is C10H17O8P. The molecule has 1 N–H and O–H groups in total. The van der Waals surface area contributed by atoms with Gasteiger partial charge in [0.2, 0.25) is 0 Å². The molecule has 0 aliphatic carbocycles. The molecular weight excluding hydrogens is 279 g/mol. The van der Waals surface area contributed by atoms with Gasteiger partial charge in [-0.05, 0) is 0 Å². The Hall–Kier alpha value is -0.500. The Morgan fingerprint density at radius 1 is 1.26 bits per heavy atom. The van der Waals surface area contributed by atoms with E-state index in [1.807, 2.05) is 0 Å². The van der Waals surface area contributed by atoms with Gasteiger partial charge in [0, 0.05) is 21.1 Å². The van der Waals surface area contributed by atoms with Crippen molar-refractivity contribution >= 4 is 13.6 Å². The molecule has 2 heterocycles. The van der Waals surface area contributed by atoms with Crippen molar-refractivity contribution in [3.05, 3.63) is 0 Å². The Bertz CT molecular complexity index is 391. The first kappa shape index (κ1) is 14.9. The Balaban J connectivity index is 2.07. The topological polar surface area (TPSA) is 104 Å². The molecule has 0 spiro atoms. The molecule has 0 radical (unpaired) electrons. The molecule has 19 heavy (non-hydrogen) atoms. The van der Waals surface area contributed by atoms with Crippen molar-refractivity contribution in [2.45, 2.75) is 37.2 Å². The Morgan fingerprint density at radius 2 is 1.89 bits per heavy atom. The van der Waals surface area contributed by atoms with Crippen LogP contribution in [0.2, 0.25) is 0 Å². The van der Waals surface area contributed by atoms with Crippen molar-refractivity contribution in [3.63, 3.8) is 0 Å². The lowest BCUT2D eigenvalue weighted by Crippen LogP contribution is -2.47. The fourth-order valence-corrected chi connectivity index (χ4v) is 3.53. The molecule has 0 amide bonds. The van der Waals surface area contributed by atoms with E-state index in [0.717, 1.165) is 0 Å². The fourth-order valence-electron chi connectivity index (χ4n) is 2.06. The smallest absolute Gasteiger partial charge is 0.361 e. The number of esters is 1. The van der Waals surface area contributed by atoms with Crippen molar-refractivity contribution < 1.29 is 37.7 Å². The molecule has 0 bridgehead atoms. The molecule has 0 unspecified atom stereocenters. The fraction of sp³-hybridized carbons (Fsp3) is 0.900. The number of epoxide rings is 1. The summed E-state index contributed by atoms with van der Waals surface area (Å²) in [6, 6.07) is 0. The van der Waals surface area contributed by atoms with E-state index in [1.54, 1.807) is 0 Å². The van der Waals surface area contributed by atoms with Crippen LogP contribution in [0.1, 0.15) is 6.92 Å². The molecule has 9 heteroatoms. The minimum atomic E-state index is -3.48. The van der Waals surface area contributed by atoms with E-state index in [0.29, 0.717) is 0 Å². The van der Waals surface area contributed by atoms with Gasteiger partial charge in [-0.3, -0.25) is 9.36 Å². The number of ether oxygens (including phenoxy) is 3. The lowest BCUT2D eigenvalue weighted by Gasteiger charge is -2.32. The van der Waals surface area contributed by atoms with Crippen LogP contribution in [-0.2, 0) is 32.6 Å². The van der Waals surface area contributed by atoms with Crippen LogP contribution in [-0.4, -0.2) is 62.2 Å². The quantitative estimate of drug-likeness (QED) is 0.426. The van der Waals surface area contributed by atoms with E-state index in [4.69, 9.17) is 23.3 Å². The van der Waals surface area contributed by atoms with Gasteiger partial charge >= 0.3 is 13.6 Å². The van der Waals surface area contributed by atoms with Crippen LogP contribution < -0.4 is 0 Å². The summed E-state index contributed by atoms with van der Waals surface area (Å²) in [6.45, 7) is 1.10. The van der Waals surface area contributed by atoms with E-state index >= 15 is 0 Å². The maximum absolute atomic E-state index is 12.3. The second-order valence-electron chi connectivity index (χ2n) is 4.33. The predicted octanol–water partition coefficient (Wildman–Crippen LogP) is -0.111. The molecule has 5 atom stereocenters. The highest BCUT2D eigenvalue weighted by molar-refractivity contribution is 7.54. The third kappa shape index (κ3) is 2.84. The molecule has 0 aromatic heterocycles. The minimum Gasteiger partial charge on any atom is -0.463 e. The molecule has 0 saturated carbocycles. The summed E-state index contributed by atoms with van der Waals surface area (Å²) in [5, 5.41) is 9.91. The monoisotopic (exact) mass is 296 g/mol. The standard InChI is InChI=1S/C10H17O8P/c1-5(11)16-4-6-7(12)8-9(18-8)10(17-6)19(13,14-2)15-3/h6-10,12H,4H2,1-3H3/t6-,7-,8-,9-,10-/m1/s1. The SMILES string of the molecule is COP(=O)(OC)[C@H]1O[C@H](COC(C)=O)[C@@H](O)[C@H]2O[C@H]21. The van der Waals surface area contributed by atoms with Crippen LogP contribution in [0.3, 0.4) is 0 Å². The summed E-state index contributed by atoms with van der Waals surface area (Å²) >= 11 is 0. The van der Waals surface area contributed by atoms with Gasteiger partial charge in [-0.1, -0.05) is 0 Å². The third-order valence-electron chi connectivity index (χ3n) is 3.15. The second kappa shape index (κ2) is 5.47. The van der Waals surface area contributed by atoms with Gasteiger partial charge in [0.05, 0.1) is 0 Å². The molecule has 110 valence electrons. The van der Waals surface area contributed by atoms with E-state index in [1.165, 1.54) is 21.1 Å². The van der Waals surface area contributed by atoms with E-state index in [-0.39, 0.29) is 6.61 Å². The van der Waals surface area contributed by atoms with Crippen LogP contribution in [0.15, 0.2) is 0 Å². The number of rotatable bonds is 5. The highest BCUT2D eigenvalue weighted by Gasteiger charge is 2.63. The van der Waals surface area contributed by atoms with Crippen LogP contribution >= 0.6 is 7.60 Å². The minimum absolute atomic E-state index is 0.146. The number of aliphatic hydroxyl groups is 1. The third-order valence-corrected chi connectivity index (χ3v) is 5.20. The highest BCUT2D eigenvalue weighted by Crippen LogP contribution is 2.59. The van der Waals surface area contributed by atoms with Gasteiger partial charge in [-0.15, -0.1) is 0 Å². The van der Waals surface area contributed by atoms with Crippen LogP contribution in [0.25, 0.3) is 0 Å². The zero-order valence-electron chi connectivity index (χ0n) is 10.8. The number of carbonyl (C=O) groups excluding carboxylic acids is 1. The first-order valence-corrected chi connectivity index (χ1v) is 7.37. The van der Waals surface area contributed by atoms with Crippen molar-refractivity contribution in [1.29, 1.82) is 0 Å². The van der Waals surface area contributed by atoms with E-state index in [9.17, 15) is 14.5 Å². The van der Waals surface area contributed by atoms with Crippen molar-refractivity contribution in [2.75, 3.05) is 20.8 Å². The molecule has 2 fully saturated rings. The predicted molar refractivity (Wildman–Crippen MR) is 61.6 cm³/mol. The molecule has 2 aliphatic heterocycles.